The number of hydrogen-bond donors (Lipinski definition) is 2. The van der Waals surface area contributed by atoms with Gasteiger partial charge in [0.05, 0.1) is 16.8 Å². The lowest BCUT2D eigenvalue weighted by Gasteiger charge is -2.20. The Morgan fingerprint density at radius 2 is 1.90 bits per heavy atom. The molecule has 8 heteroatoms. The normalized spacial score (nSPS) is 15.1. The van der Waals surface area contributed by atoms with Crippen molar-refractivity contribution in [3.63, 3.8) is 0 Å². The van der Waals surface area contributed by atoms with Crippen molar-refractivity contribution in [1.82, 2.24) is 10.7 Å². The summed E-state index contributed by atoms with van der Waals surface area (Å²) in [6.07, 6.45) is 3.78. The van der Waals surface area contributed by atoms with E-state index in [1.54, 1.807) is 24.3 Å². The molecule has 1 aliphatic rings. The number of nitrogens with zero attached hydrogens (tertiary/aromatic N) is 2. The van der Waals surface area contributed by atoms with E-state index in [-0.39, 0.29) is 5.92 Å². The average molecular weight is 417 g/mol. The third-order valence-electron chi connectivity index (χ3n) is 4.75. The van der Waals surface area contributed by atoms with Gasteiger partial charge in [0, 0.05) is 19.2 Å². The highest BCUT2D eigenvalue weighted by Gasteiger charge is 2.25. The van der Waals surface area contributed by atoms with Crippen molar-refractivity contribution in [2.75, 3.05) is 18.0 Å². The number of halogens is 1. The van der Waals surface area contributed by atoms with Gasteiger partial charge in [-0.2, -0.15) is 5.10 Å². The third kappa shape index (κ3) is 5.38. The topological polar surface area (TPSA) is 86.9 Å². The highest BCUT2D eigenvalue weighted by Crippen LogP contribution is 2.22. The zero-order valence-corrected chi connectivity index (χ0v) is 17.3. The van der Waals surface area contributed by atoms with Crippen LogP contribution in [0, 0.1) is 5.92 Å². The molecule has 0 radical (unpaired) electrons. The van der Waals surface area contributed by atoms with Crippen LogP contribution in [0.4, 0.5) is 5.88 Å². The SMILES string of the molecule is CC(C)C(NC(=O)c1ccccc1Cl)C(=O)NN=Cc1ccc(N2CCCC2)o1. The molecule has 1 aromatic heterocycles. The molecule has 7 nitrogen and oxygen atoms in total. The van der Waals surface area contributed by atoms with E-state index in [0.29, 0.717) is 16.3 Å². The molecule has 0 aliphatic carbocycles. The van der Waals surface area contributed by atoms with Gasteiger partial charge in [-0.25, -0.2) is 5.43 Å². The summed E-state index contributed by atoms with van der Waals surface area (Å²) in [6, 6.07) is 9.65. The fourth-order valence-electron chi connectivity index (χ4n) is 3.15. The first kappa shape index (κ1) is 20.9. The van der Waals surface area contributed by atoms with Crippen LogP contribution in [0.2, 0.25) is 5.02 Å². The summed E-state index contributed by atoms with van der Waals surface area (Å²) < 4.78 is 5.73. The number of furan rings is 1. The smallest absolute Gasteiger partial charge is 0.262 e. The Hall–Kier alpha value is -2.80. The summed E-state index contributed by atoms with van der Waals surface area (Å²) in [5, 5.41) is 7.02. The second-order valence-electron chi connectivity index (χ2n) is 7.28. The highest BCUT2D eigenvalue weighted by atomic mass is 35.5. The van der Waals surface area contributed by atoms with Crippen LogP contribution in [0.5, 0.6) is 0 Å². The molecule has 1 fully saturated rings. The Kier molecular flexibility index (Phi) is 6.93. The largest absolute Gasteiger partial charge is 0.440 e. The molecule has 154 valence electrons. The molecular weight excluding hydrogens is 392 g/mol. The Morgan fingerprint density at radius 3 is 2.59 bits per heavy atom. The Balaban J connectivity index is 1.59. The quantitative estimate of drug-likeness (QED) is 0.534. The number of benzene rings is 1. The first-order valence-corrected chi connectivity index (χ1v) is 10.1. The number of carbonyl (C=O) groups is 2. The first-order chi connectivity index (χ1) is 14.0. The maximum absolute atomic E-state index is 12.5. The Morgan fingerprint density at radius 1 is 1.17 bits per heavy atom. The number of nitrogens with one attached hydrogen (secondary N) is 2. The van der Waals surface area contributed by atoms with Gasteiger partial charge in [-0.3, -0.25) is 9.59 Å². The molecule has 29 heavy (non-hydrogen) atoms. The monoisotopic (exact) mass is 416 g/mol. The lowest BCUT2D eigenvalue weighted by atomic mass is 10.0. The molecule has 2 N–H and O–H groups in total. The lowest BCUT2D eigenvalue weighted by Crippen LogP contribution is -2.48. The summed E-state index contributed by atoms with van der Waals surface area (Å²) in [4.78, 5) is 27.2. The average Bonchev–Trinajstić information content (AvgIpc) is 3.37. The maximum atomic E-state index is 12.5. The van der Waals surface area contributed by atoms with Crippen molar-refractivity contribution in [1.29, 1.82) is 0 Å². The molecule has 2 aromatic rings. The summed E-state index contributed by atoms with van der Waals surface area (Å²) in [6.45, 7) is 5.66. The summed E-state index contributed by atoms with van der Waals surface area (Å²) >= 11 is 6.06. The van der Waals surface area contributed by atoms with Gasteiger partial charge in [0.2, 0.25) is 0 Å². The van der Waals surface area contributed by atoms with Crippen LogP contribution >= 0.6 is 11.6 Å². The zero-order valence-electron chi connectivity index (χ0n) is 16.5. The van der Waals surface area contributed by atoms with E-state index < -0.39 is 17.9 Å². The van der Waals surface area contributed by atoms with Gasteiger partial charge in [-0.1, -0.05) is 37.6 Å². The van der Waals surface area contributed by atoms with Crippen LogP contribution in [-0.4, -0.2) is 37.2 Å². The summed E-state index contributed by atoms with van der Waals surface area (Å²) in [5.41, 5.74) is 2.79. The minimum absolute atomic E-state index is 0.137. The van der Waals surface area contributed by atoms with Gasteiger partial charge in [0.1, 0.15) is 11.8 Å². The van der Waals surface area contributed by atoms with Crippen molar-refractivity contribution in [2.24, 2.45) is 11.0 Å². The minimum Gasteiger partial charge on any atom is -0.440 e. The van der Waals surface area contributed by atoms with Crippen molar-refractivity contribution < 1.29 is 14.0 Å². The molecule has 1 aromatic carbocycles. The van der Waals surface area contributed by atoms with Gasteiger partial charge in [-0.15, -0.1) is 0 Å². The van der Waals surface area contributed by atoms with E-state index in [1.807, 2.05) is 26.0 Å². The van der Waals surface area contributed by atoms with E-state index in [1.165, 1.54) is 6.21 Å². The molecule has 1 saturated heterocycles. The van der Waals surface area contributed by atoms with Gasteiger partial charge < -0.3 is 14.6 Å². The van der Waals surface area contributed by atoms with E-state index in [0.717, 1.165) is 31.8 Å². The van der Waals surface area contributed by atoms with Gasteiger partial charge in [0.15, 0.2) is 5.88 Å². The highest BCUT2D eigenvalue weighted by molar-refractivity contribution is 6.33. The van der Waals surface area contributed by atoms with Crippen LogP contribution in [0.15, 0.2) is 45.9 Å². The molecule has 1 unspecified atom stereocenters. The second kappa shape index (κ2) is 9.60. The number of amides is 2. The van der Waals surface area contributed by atoms with Crippen molar-refractivity contribution in [3.05, 3.63) is 52.7 Å². The Labute approximate surface area is 175 Å². The maximum Gasteiger partial charge on any atom is 0.262 e. The van der Waals surface area contributed by atoms with Gasteiger partial charge in [0.25, 0.3) is 11.8 Å². The molecule has 0 bridgehead atoms. The van der Waals surface area contributed by atoms with Crippen LogP contribution in [0.25, 0.3) is 0 Å². The number of anilines is 1. The second-order valence-corrected chi connectivity index (χ2v) is 7.69. The Bertz CT molecular complexity index is 888. The molecule has 2 heterocycles. The molecular formula is C21H25ClN4O3. The van der Waals surface area contributed by atoms with Gasteiger partial charge in [-0.05, 0) is 37.0 Å². The third-order valence-corrected chi connectivity index (χ3v) is 5.08. The fourth-order valence-corrected chi connectivity index (χ4v) is 3.37. The lowest BCUT2D eigenvalue weighted by molar-refractivity contribution is -0.123. The van der Waals surface area contributed by atoms with E-state index in [4.69, 9.17) is 16.0 Å². The fraction of sp³-hybridized carbons (Fsp3) is 0.381. The molecule has 1 atom stereocenters. The molecule has 3 rings (SSSR count). The summed E-state index contributed by atoms with van der Waals surface area (Å²) in [7, 11) is 0. The first-order valence-electron chi connectivity index (χ1n) is 9.69. The molecule has 1 aliphatic heterocycles. The predicted molar refractivity (Wildman–Crippen MR) is 113 cm³/mol. The van der Waals surface area contributed by atoms with Crippen LogP contribution in [-0.2, 0) is 4.79 Å². The van der Waals surface area contributed by atoms with Crippen molar-refractivity contribution in [2.45, 2.75) is 32.7 Å². The standard InChI is InChI=1S/C21H25ClN4O3/c1-14(2)19(24-20(27)16-7-3-4-8-17(16)22)21(28)25-23-13-15-9-10-18(29-15)26-11-5-6-12-26/h3-4,7-10,13-14,19H,5-6,11-12H2,1-2H3,(H,24,27)(H,25,28). The van der Waals surface area contributed by atoms with E-state index in [2.05, 4.69) is 20.7 Å². The number of hydrogen-bond acceptors (Lipinski definition) is 5. The van der Waals surface area contributed by atoms with Crippen LogP contribution < -0.4 is 15.6 Å². The predicted octanol–water partition coefficient (Wildman–Crippen LogP) is 3.44. The molecule has 2 amide bonds. The number of hydrazone groups is 1. The number of carbonyl (C=O) groups excluding carboxylic acids is 2. The zero-order chi connectivity index (χ0) is 20.8. The minimum atomic E-state index is -0.757. The van der Waals surface area contributed by atoms with Crippen LogP contribution in [0.1, 0.15) is 42.8 Å². The molecule has 0 saturated carbocycles. The van der Waals surface area contributed by atoms with E-state index >= 15 is 0 Å². The van der Waals surface area contributed by atoms with E-state index in [9.17, 15) is 9.59 Å². The van der Waals surface area contributed by atoms with Gasteiger partial charge >= 0.3 is 0 Å². The molecule has 0 spiro atoms. The van der Waals surface area contributed by atoms with Crippen molar-refractivity contribution >= 4 is 35.5 Å². The van der Waals surface area contributed by atoms with Crippen LogP contribution in [0.3, 0.4) is 0 Å². The van der Waals surface area contributed by atoms with Crippen molar-refractivity contribution in [3.8, 4) is 0 Å². The summed E-state index contributed by atoms with van der Waals surface area (Å²) in [5.74, 6) is 0.399. The number of rotatable bonds is 7.